The number of halogens is 1. The standard InChI is InChI=1S/C12H17FN2S/c13-9-5-10(14)7-11(6-9)15-8-12-3-1-2-4-16-12/h5-7,12,15H,1-4,8,14H2. The average molecular weight is 240 g/mol. The summed E-state index contributed by atoms with van der Waals surface area (Å²) in [5.74, 6) is 0.969. The van der Waals surface area contributed by atoms with Gasteiger partial charge in [-0.2, -0.15) is 11.8 Å². The van der Waals surface area contributed by atoms with Crippen molar-refractivity contribution >= 4 is 23.1 Å². The molecule has 3 N–H and O–H groups in total. The Bertz CT molecular complexity index is 331. The third-order valence-electron chi connectivity index (χ3n) is 2.73. The summed E-state index contributed by atoms with van der Waals surface area (Å²) in [7, 11) is 0. The van der Waals surface area contributed by atoms with E-state index in [1.165, 1.54) is 37.1 Å². The largest absolute Gasteiger partial charge is 0.399 e. The van der Waals surface area contributed by atoms with Gasteiger partial charge in [0.15, 0.2) is 0 Å². The second-order valence-electron chi connectivity index (χ2n) is 4.14. The van der Waals surface area contributed by atoms with Gasteiger partial charge in [0.05, 0.1) is 0 Å². The molecule has 0 radical (unpaired) electrons. The zero-order valence-electron chi connectivity index (χ0n) is 9.21. The molecule has 1 aromatic carbocycles. The van der Waals surface area contributed by atoms with E-state index in [0.717, 1.165) is 12.2 Å². The molecule has 16 heavy (non-hydrogen) atoms. The normalized spacial score (nSPS) is 20.7. The summed E-state index contributed by atoms with van der Waals surface area (Å²) in [6.07, 6.45) is 3.89. The first-order chi connectivity index (χ1) is 7.74. The molecule has 1 aliphatic heterocycles. The fourth-order valence-corrected chi connectivity index (χ4v) is 3.15. The van der Waals surface area contributed by atoms with Crippen molar-refractivity contribution in [3.8, 4) is 0 Å². The number of hydrogen-bond acceptors (Lipinski definition) is 3. The Labute approximate surface area is 99.8 Å². The zero-order valence-corrected chi connectivity index (χ0v) is 10.0. The number of benzene rings is 1. The molecule has 4 heteroatoms. The van der Waals surface area contributed by atoms with Crippen molar-refractivity contribution in [3.05, 3.63) is 24.0 Å². The maximum absolute atomic E-state index is 13.1. The van der Waals surface area contributed by atoms with E-state index in [1.807, 2.05) is 11.8 Å². The van der Waals surface area contributed by atoms with Gasteiger partial charge in [-0.25, -0.2) is 4.39 Å². The molecule has 1 atom stereocenters. The van der Waals surface area contributed by atoms with Crippen molar-refractivity contribution in [1.29, 1.82) is 0 Å². The Morgan fingerprint density at radius 2 is 2.25 bits per heavy atom. The first kappa shape index (κ1) is 11.6. The van der Waals surface area contributed by atoms with Gasteiger partial charge < -0.3 is 11.1 Å². The molecule has 1 aromatic rings. The van der Waals surface area contributed by atoms with E-state index in [1.54, 1.807) is 6.07 Å². The van der Waals surface area contributed by atoms with Gasteiger partial charge in [0.1, 0.15) is 5.82 Å². The van der Waals surface area contributed by atoms with E-state index in [0.29, 0.717) is 10.9 Å². The minimum Gasteiger partial charge on any atom is -0.399 e. The molecular formula is C12H17FN2S. The number of nitrogen functional groups attached to an aromatic ring is 1. The molecule has 0 bridgehead atoms. The maximum Gasteiger partial charge on any atom is 0.127 e. The molecule has 0 spiro atoms. The molecule has 1 saturated heterocycles. The topological polar surface area (TPSA) is 38.0 Å². The van der Waals surface area contributed by atoms with Crippen molar-refractivity contribution in [2.24, 2.45) is 0 Å². The van der Waals surface area contributed by atoms with Crippen LogP contribution in [0.15, 0.2) is 18.2 Å². The molecule has 0 aliphatic carbocycles. The van der Waals surface area contributed by atoms with Crippen LogP contribution in [0.5, 0.6) is 0 Å². The quantitative estimate of drug-likeness (QED) is 0.797. The van der Waals surface area contributed by atoms with Crippen LogP contribution in [-0.4, -0.2) is 17.5 Å². The van der Waals surface area contributed by atoms with Crippen LogP contribution in [0.2, 0.25) is 0 Å². The second kappa shape index (κ2) is 5.43. The van der Waals surface area contributed by atoms with E-state index in [2.05, 4.69) is 5.32 Å². The van der Waals surface area contributed by atoms with Crippen LogP contribution >= 0.6 is 11.8 Å². The number of hydrogen-bond donors (Lipinski definition) is 2. The predicted octanol–water partition coefficient (Wildman–Crippen LogP) is 3.11. The molecule has 88 valence electrons. The molecule has 2 rings (SSSR count). The molecule has 0 amide bonds. The van der Waals surface area contributed by atoms with Crippen molar-refractivity contribution in [2.45, 2.75) is 24.5 Å². The first-order valence-corrected chi connectivity index (χ1v) is 6.70. The number of nitrogens with two attached hydrogens (primary N) is 1. The second-order valence-corrected chi connectivity index (χ2v) is 5.55. The molecular weight excluding hydrogens is 223 g/mol. The third-order valence-corrected chi connectivity index (χ3v) is 4.13. The molecule has 0 aromatic heterocycles. The number of nitrogens with one attached hydrogen (secondary N) is 1. The number of thioether (sulfide) groups is 1. The van der Waals surface area contributed by atoms with Gasteiger partial charge in [-0.05, 0) is 36.8 Å². The maximum atomic E-state index is 13.1. The van der Waals surface area contributed by atoms with Gasteiger partial charge >= 0.3 is 0 Å². The molecule has 1 fully saturated rings. The highest BCUT2D eigenvalue weighted by Gasteiger charge is 2.13. The van der Waals surface area contributed by atoms with Crippen LogP contribution in [-0.2, 0) is 0 Å². The lowest BCUT2D eigenvalue weighted by Crippen LogP contribution is -2.20. The van der Waals surface area contributed by atoms with Gasteiger partial charge in [-0.1, -0.05) is 6.42 Å². The molecule has 1 unspecified atom stereocenters. The third kappa shape index (κ3) is 3.30. The number of anilines is 2. The lowest BCUT2D eigenvalue weighted by molar-refractivity contribution is 0.628. The monoisotopic (exact) mass is 240 g/mol. The van der Waals surface area contributed by atoms with Crippen molar-refractivity contribution in [2.75, 3.05) is 23.3 Å². The molecule has 0 saturated carbocycles. The van der Waals surface area contributed by atoms with Gasteiger partial charge in [0.25, 0.3) is 0 Å². The lowest BCUT2D eigenvalue weighted by Gasteiger charge is -2.22. The highest BCUT2D eigenvalue weighted by atomic mass is 32.2. The van der Waals surface area contributed by atoms with E-state index in [4.69, 9.17) is 5.73 Å². The number of rotatable bonds is 3. The van der Waals surface area contributed by atoms with Gasteiger partial charge in [-0.3, -0.25) is 0 Å². The zero-order chi connectivity index (χ0) is 11.4. The summed E-state index contributed by atoms with van der Waals surface area (Å²) in [5, 5.41) is 3.91. The van der Waals surface area contributed by atoms with Crippen LogP contribution < -0.4 is 11.1 Å². The van der Waals surface area contributed by atoms with Crippen molar-refractivity contribution < 1.29 is 4.39 Å². The average Bonchev–Trinajstić information content (AvgIpc) is 2.27. The minimum atomic E-state index is -0.279. The Hall–Kier alpha value is -0.900. The smallest absolute Gasteiger partial charge is 0.127 e. The van der Waals surface area contributed by atoms with Gasteiger partial charge in [0.2, 0.25) is 0 Å². The van der Waals surface area contributed by atoms with Gasteiger partial charge in [-0.15, -0.1) is 0 Å². The summed E-state index contributed by atoms with van der Waals surface area (Å²) >= 11 is 2.00. The summed E-state index contributed by atoms with van der Waals surface area (Å²) in [4.78, 5) is 0. The van der Waals surface area contributed by atoms with Crippen molar-refractivity contribution in [1.82, 2.24) is 0 Å². The fraction of sp³-hybridized carbons (Fsp3) is 0.500. The SMILES string of the molecule is Nc1cc(F)cc(NCC2CCCCS2)c1. The Morgan fingerprint density at radius 3 is 2.94 bits per heavy atom. The fourth-order valence-electron chi connectivity index (χ4n) is 1.91. The van der Waals surface area contributed by atoms with Crippen LogP contribution in [0.4, 0.5) is 15.8 Å². The van der Waals surface area contributed by atoms with Crippen LogP contribution in [0.1, 0.15) is 19.3 Å². The summed E-state index contributed by atoms with van der Waals surface area (Å²) in [6, 6.07) is 4.60. The van der Waals surface area contributed by atoms with Crippen LogP contribution in [0.25, 0.3) is 0 Å². The van der Waals surface area contributed by atoms with E-state index >= 15 is 0 Å². The van der Waals surface area contributed by atoms with Gasteiger partial charge in [0, 0.05) is 23.2 Å². The Morgan fingerprint density at radius 1 is 1.38 bits per heavy atom. The van der Waals surface area contributed by atoms with Crippen molar-refractivity contribution in [3.63, 3.8) is 0 Å². The van der Waals surface area contributed by atoms with E-state index in [-0.39, 0.29) is 5.82 Å². The van der Waals surface area contributed by atoms with E-state index in [9.17, 15) is 4.39 Å². The molecule has 2 nitrogen and oxygen atoms in total. The Balaban J connectivity index is 1.88. The predicted molar refractivity (Wildman–Crippen MR) is 69.4 cm³/mol. The van der Waals surface area contributed by atoms with E-state index < -0.39 is 0 Å². The molecule has 1 aliphatic rings. The lowest BCUT2D eigenvalue weighted by atomic mass is 10.2. The minimum absolute atomic E-state index is 0.279. The van der Waals surface area contributed by atoms with Crippen LogP contribution in [0, 0.1) is 5.82 Å². The summed E-state index contributed by atoms with van der Waals surface area (Å²) in [6.45, 7) is 0.896. The molecule has 1 heterocycles. The van der Waals surface area contributed by atoms with Crippen LogP contribution in [0.3, 0.4) is 0 Å². The highest BCUT2D eigenvalue weighted by Crippen LogP contribution is 2.25. The Kier molecular flexibility index (Phi) is 3.93. The summed E-state index contributed by atoms with van der Waals surface area (Å²) in [5.41, 5.74) is 6.84. The first-order valence-electron chi connectivity index (χ1n) is 5.65. The summed E-state index contributed by atoms with van der Waals surface area (Å²) < 4.78 is 13.1. The highest BCUT2D eigenvalue weighted by molar-refractivity contribution is 7.99.